The van der Waals surface area contributed by atoms with E-state index < -0.39 is 5.82 Å². The molecule has 82 valence electrons. The molecule has 1 unspecified atom stereocenters. The first kappa shape index (κ1) is 10.9. The van der Waals surface area contributed by atoms with Crippen molar-refractivity contribution in [3.8, 4) is 5.75 Å². The summed E-state index contributed by atoms with van der Waals surface area (Å²) in [6, 6.07) is 3.15. The number of benzene rings is 1. The van der Waals surface area contributed by atoms with E-state index in [9.17, 15) is 9.50 Å². The van der Waals surface area contributed by atoms with Crippen LogP contribution in [0.15, 0.2) is 16.6 Å². The van der Waals surface area contributed by atoms with E-state index in [1.165, 1.54) is 6.07 Å². The SMILES string of the molecule is Oc1cc(C2CCCNC2)cc(F)c1Br. The van der Waals surface area contributed by atoms with E-state index in [0.717, 1.165) is 31.5 Å². The summed E-state index contributed by atoms with van der Waals surface area (Å²) in [5.41, 5.74) is 0.875. The number of hydrogen-bond donors (Lipinski definition) is 2. The molecule has 0 amide bonds. The number of halogens is 2. The lowest BCUT2D eigenvalue weighted by atomic mass is 9.91. The second kappa shape index (κ2) is 4.49. The molecule has 1 aromatic carbocycles. The molecule has 1 atom stereocenters. The minimum Gasteiger partial charge on any atom is -0.507 e. The van der Waals surface area contributed by atoms with Crippen LogP contribution in [0.4, 0.5) is 4.39 Å². The molecule has 0 spiro atoms. The summed E-state index contributed by atoms with van der Waals surface area (Å²) in [5, 5.41) is 12.8. The fourth-order valence-electron chi connectivity index (χ4n) is 1.97. The summed E-state index contributed by atoms with van der Waals surface area (Å²) in [6.07, 6.45) is 2.15. The smallest absolute Gasteiger partial charge is 0.141 e. The highest BCUT2D eigenvalue weighted by atomic mass is 79.9. The molecular weight excluding hydrogens is 261 g/mol. The largest absolute Gasteiger partial charge is 0.507 e. The third-order valence-corrected chi connectivity index (χ3v) is 3.58. The number of rotatable bonds is 1. The molecular formula is C11H13BrFNO. The van der Waals surface area contributed by atoms with Crippen molar-refractivity contribution in [3.05, 3.63) is 28.0 Å². The number of phenols is 1. The molecule has 1 heterocycles. The Labute approximate surface area is 96.6 Å². The lowest BCUT2D eigenvalue weighted by molar-refractivity contribution is 0.444. The van der Waals surface area contributed by atoms with Crippen molar-refractivity contribution in [2.45, 2.75) is 18.8 Å². The van der Waals surface area contributed by atoms with E-state index in [1.807, 2.05) is 0 Å². The van der Waals surface area contributed by atoms with Gasteiger partial charge in [0.1, 0.15) is 11.6 Å². The topological polar surface area (TPSA) is 32.3 Å². The predicted molar refractivity (Wildman–Crippen MR) is 60.6 cm³/mol. The van der Waals surface area contributed by atoms with Crippen molar-refractivity contribution in [1.29, 1.82) is 0 Å². The molecule has 1 aliphatic rings. The van der Waals surface area contributed by atoms with Gasteiger partial charge in [0.25, 0.3) is 0 Å². The first-order chi connectivity index (χ1) is 7.18. The van der Waals surface area contributed by atoms with Gasteiger partial charge in [-0.25, -0.2) is 4.39 Å². The molecule has 15 heavy (non-hydrogen) atoms. The second-order valence-electron chi connectivity index (χ2n) is 3.88. The van der Waals surface area contributed by atoms with Crippen LogP contribution in [0.2, 0.25) is 0 Å². The Bertz CT molecular complexity index is 341. The maximum Gasteiger partial charge on any atom is 0.141 e. The fourth-order valence-corrected chi connectivity index (χ4v) is 2.20. The Morgan fingerprint density at radius 2 is 2.27 bits per heavy atom. The average Bonchev–Trinajstić information content (AvgIpc) is 2.26. The standard InChI is InChI=1S/C11H13BrFNO/c12-11-9(13)4-8(5-10(11)15)7-2-1-3-14-6-7/h4-5,7,14-15H,1-3,6H2. The van der Waals surface area contributed by atoms with Gasteiger partial charge in [-0.05, 0) is 58.9 Å². The van der Waals surface area contributed by atoms with E-state index in [2.05, 4.69) is 21.2 Å². The zero-order chi connectivity index (χ0) is 10.8. The summed E-state index contributed by atoms with van der Waals surface area (Å²) in [5.74, 6) is -0.0987. The molecule has 1 saturated heterocycles. The number of phenolic OH excluding ortho intramolecular Hbond substituents is 1. The van der Waals surface area contributed by atoms with E-state index in [1.54, 1.807) is 6.07 Å². The minimum atomic E-state index is -0.393. The molecule has 0 saturated carbocycles. The van der Waals surface area contributed by atoms with Crippen molar-refractivity contribution < 1.29 is 9.50 Å². The van der Waals surface area contributed by atoms with Gasteiger partial charge in [0.15, 0.2) is 0 Å². The lowest BCUT2D eigenvalue weighted by Gasteiger charge is -2.23. The van der Waals surface area contributed by atoms with Crippen molar-refractivity contribution in [1.82, 2.24) is 5.32 Å². The Morgan fingerprint density at radius 1 is 1.47 bits per heavy atom. The van der Waals surface area contributed by atoms with Crippen LogP contribution < -0.4 is 5.32 Å². The molecule has 4 heteroatoms. The molecule has 2 nitrogen and oxygen atoms in total. The summed E-state index contributed by atoms with van der Waals surface area (Å²) in [7, 11) is 0. The van der Waals surface area contributed by atoms with Crippen molar-refractivity contribution in [3.63, 3.8) is 0 Å². The van der Waals surface area contributed by atoms with Gasteiger partial charge >= 0.3 is 0 Å². The van der Waals surface area contributed by atoms with E-state index in [0.29, 0.717) is 5.92 Å². The highest BCUT2D eigenvalue weighted by Crippen LogP contribution is 2.32. The van der Waals surface area contributed by atoms with Crippen molar-refractivity contribution >= 4 is 15.9 Å². The van der Waals surface area contributed by atoms with Crippen LogP contribution in [0, 0.1) is 5.82 Å². The van der Waals surface area contributed by atoms with Crippen LogP contribution >= 0.6 is 15.9 Å². The first-order valence-corrected chi connectivity index (χ1v) is 5.86. The van der Waals surface area contributed by atoms with Crippen LogP contribution in [-0.2, 0) is 0 Å². The maximum atomic E-state index is 13.4. The zero-order valence-electron chi connectivity index (χ0n) is 8.26. The normalized spacial score (nSPS) is 21.6. The number of nitrogens with one attached hydrogen (secondary N) is 1. The molecule has 0 aromatic heterocycles. The highest BCUT2D eigenvalue weighted by Gasteiger charge is 2.18. The van der Waals surface area contributed by atoms with Gasteiger partial charge in [-0.2, -0.15) is 0 Å². The molecule has 1 aromatic rings. The van der Waals surface area contributed by atoms with Gasteiger partial charge in [0.2, 0.25) is 0 Å². The third kappa shape index (κ3) is 2.32. The van der Waals surface area contributed by atoms with Crippen LogP contribution in [0.25, 0.3) is 0 Å². The predicted octanol–water partition coefficient (Wildman–Crippen LogP) is 2.76. The van der Waals surface area contributed by atoms with Crippen LogP contribution in [0.3, 0.4) is 0 Å². The molecule has 0 bridgehead atoms. The van der Waals surface area contributed by atoms with Crippen LogP contribution in [0.1, 0.15) is 24.3 Å². The summed E-state index contributed by atoms with van der Waals surface area (Å²) in [6.45, 7) is 1.89. The highest BCUT2D eigenvalue weighted by molar-refractivity contribution is 9.10. The van der Waals surface area contributed by atoms with Gasteiger partial charge in [-0.1, -0.05) is 0 Å². The average molecular weight is 274 g/mol. The van der Waals surface area contributed by atoms with Gasteiger partial charge in [0.05, 0.1) is 4.47 Å². The van der Waals surface area contributed by atoms with E-state index in [-0.39, 0.29) is 10.2 Å². The van der Waals surface area contributed by atoms with Gasteiger partial charge in [0, 0.05) is 6.54 Å². The first-order valence-electron chi connectivity index (χ1n) is 5.07. The van der Waals surface area contributed by atoms with E-state index >= 15 is 0 Å². The maximum absolute atomic E-state index is 13.4. The van der Waals surface area contributed by atoms with Crippen LogP contribution in [0.5, 0.6) is 5.75 Å². The van der Waals surface area contributed by atoms with E-state index in [4.69, 9.17) is 0 Å². The molecule has 0 radical (unpaired) electrons. The van der Waals surface area contributed by atoms with Crippen molar-refractivity contribution in [2.75, 3.05) is 13.1 Å². The Hall–Kier alpha value is -0.610. The Balaban J connectivity index is 2.27. The second-order valence-corrected chi connectivity index (χ2v) is 4.67. The Kier molecular flexibility index (Phi) is 3.26. The van der Waals surface area contributed by atoms with Gasteiger partial charge in [-0.3, -0.25) is 0 Å². The number of piperidine rings is 1. The third-order valence-electron chi connectivity index (χ3n) is 2.80. The summed E-state index contributed by atoms with van der Waals surface area (Å²) < 4.78 is 13.5. The summed E-state index contributed by atoms with van der Waals surface area (Å²) >= 11 is 3.00. The van der Waals surface area contributed by atoms with Crippen LogP contribution in [-0.4, -0.2) is 18.2 Å². The minimum absolute atomic E-state index is 0.0180. The number of aromatic hydroxyl groups is 1. The summed E-state index contributed by atoms with van der Waals surface area (Å²) in [4.78, 5) is 0. The number of hydrogen-bond acceptors (Lipinski definition) is 2. The molecule has 1 aliphatic heterocycles. The molecule has 0 aliphatic carbocycles. The van der Waals surface area contributed by atoms with Gasteiger partial charge in [-0.15, -0.1) is 0 Å². The molecule has 2 rings (SSSR count). The monoisotopic (exact) mass is 273 g/mol. The Morgan fingerprint density at radius 3 is 2.87 bits per heavy atom. The molecule has 1 fully saturated rings. The van der Waals surface area contributed by atoms with Crippen molar-refractivity contribution in [2.24, 2.45) is 0 Å². The van der Waals surface area contributed by atoms with Gasteiger partial charge < -0.3 is 10.4 Å². The quantitative estimate of drug-likeness (QED) is 0.825. The fraction of sp³-hybridized carbons (Fsp3) is 0.455. The zero-order valence-corrected chi connectivity index (χ0v) is 9.85. The molecule has 2 N–H and O–H groups in total. The lowest BCUT2D eigenvalue weighted by Crippen LogP contribution is -2.28.